The Labute approximate surface area is 136 Å². The lowest BCUT2D eigenvalue weighted by Gasteiger charge is -2.18. The van der Waals surface area contributed by atoms with Gasteiger partial charge in [0.05, 0.1) is 16.3 Å². The van der Waals surface area contributed by atoms with Gasteiger partial charge >= 0.3 is 0 Å². The number of benzene rings is 1. The van der Waals surface area contributed by atoms with Crippen molar-refractivity contribution in [2.24, 2.45) is 7.05 Å². The van der Waals surface area contributed by atoms with Gasteiger partial charge in [0.25, 0.3) is 11.5 Å². The lowest BCUT2D eigenvalue weighted by atomic mass is 10.1. The van der Waals surface area contributed by atoms with Crippen molar-refractivity contribution in [3.63, 3.8) is 0 Å². The second-order valence-electron chi connectivity index (χ2n) is 5.19. The van der Waals surface area contributed by atoms with Crippen molar-refractivity contribution in [1.82, 2.24) is 9.55 Å². The minimum absolute atomic E-state index is 0.154. The second kappa shape index (κ2) is 5.55. The van der Waals surface area contributed by atoms with Gasteiger partial charge in [-0.25, -0.2) is 4.98 Å². The summed E-state index contributed by atoms with van der Waals surface area (Å²) in [5, 5.41) is 0.622. The Balaban J connectivity index is 2.19. The summed E-state index contributed by atoms with van der Waals surface area (Å²) in [5.74, 6) is -0.0286. The van der Waals surface area contributed by atoms with Gasteiger partial charge in [-0.1, -0.05) is 23.7 Å². The number of halogens is 1. The number of anilines is 1. The van der Waals surface area contributed by atoms with E-state index >= 15 is 0 Å². The summed E-state index contributed by atoms with van der Waals surface area (Å²) in [6.45, 7) is 1.63. The SMILES string of the molecule is Cc1oc2ncn(C)c(=O)c2c1C(=O)N(C)c1ccccc1Cl. The molecule has 3 rings (SSSR count). The van der Waals surface area contributed by atoms with Gasteiger partial charge in [-0.05, 0) is 19.1 Å². The van der Waals surface area contributed by atoms with Crippen molar-refractivity contribution < 1.29 is 9.21 Å². The highest BCUT2D eigenvalue weighted by molar-refractivity contribution is 6.34. The molecule has 0 spiro atoms. The van der Waals surface area contributed by atoms with Crippen molar-refractivity contribution in [3.8, 4) is 0 Å². The molecule has 0 N–H and O–H groups in total. The standard InChI is InChI=1S/C16H14ClN3O3/c1-9-12(13-14(23-9)18-8-19(2)15(13)21)16(22)20(3)11-7-5-4-6-10(11)17/h4-8H,1-3H3. The maximum absolute atomic E-state index is 12.9. The number of hydrogen-bond acceptors (Lipinski definition) is 4. The average Bonchev–Trinajstić information content (AvgIpc) is 2.87. The van der Waals surface area contributed by atoms with E-state index in [1.54, 1.807) is 45.3 Å². The van der Waals surface area contributed by atoms with E-state index in [0.29, 0.717) is 16.5 Å². The minimum atomic E-state index is -0.376. The molecule has 0 aliphatic heterocycles. The summed E-state index contributed by atoms with van der Waals surface area (Å²) in [6, 6.07) is 6.99. The van der Waals surface area contributed by atoms with Gasteiger partial charge in [0, 0.05) is 14.1 Å². The van der Waals surface area contributed by atoms with Crippen LogP contribution in [-0.4, -0.2) is 22.5 Å². The van der Waals surface area contributed by atoms with Gasteiger partial charge in [0.1, 0.15) is 17.5 Å². The molecule has 118 valence electrons. The fourth-order valence-corrected chi connectivity index (χ4v) is 2.71. The molecule has 23 heavy (non-hydrogen) atoms. The predicted octanol–water partition coefficient (Wildman–Crippen LogP) is 2.76. The molecule has 0 bridgehead atoms. The van der Waals surface area contributed by atoms with E-state index in [0.717, 1.165) is 0 Å². The number of nitrogens with zero attached hydrogens (tertiary/aromatic N) is 3. The van der Waals surface area contributed by atoms with E-state index in [9.17, 15) is 9.59 Å². The molecular formula is C16H14ClN3O3. The number of carbonyl (C=O) groups excluding carboxylic acids is 1. The lowest BCUT2D eigenvalue weighted by molar-refractivity contribution is 0.0993. The van der Waals surface area contributed by atoms with Crippen molar-refractivity contribution in [3.05, 3.63) is 57.3 Å². The zero-order chi connectivity index (χ0) is 16.7. The molecule has 6 nitrogen and oxygen atoms in total. The van der Waals surface area contributed by atoms with Gasteiger partial charge in [-0.15, -0.1) is 0 Å². The predicted molar refractivity (Wildman–Crippen MR) is 88.2 cm³/mol. The molecule has 0 atom stereocenters. The molecule has 0 radical (unpaired) electrons. The third-order valence-electron chi connectivity index (χ3n) is 3.68. The zero-order valence-electron chi connectivity index (χ0n) is 12.8. The third-order valence-corrected chi connectivity index (χ3v) is 4.00. The first kappa shape index (κ1) is 15.3. The van der Waals surface area contributed by atoms with E-state index in [1.165, 1.54) is 15.8 Å². The molecule has 1 amide bonds. The van der Waals surface area contributed by atoms with E-state index in [2.05, 4.69) is 4.98 Å². The van der Waals surface area contributed by atoms with Crippen LogP contribution in [0, 0.1) is 6.92 Å². The van der Waals surface area contributed by atoms with Crippen LogP contribution in [0.4, 0.5) is 5.69 Å². The molecule has 0 unspecified atom stereocenters. The largest absolute Gasteiger partial charge is 0.442 e. The summed E-state index contributed by atoms with van der Waals surface area (Å²) >= 11 is 6.14. The Morgan fingerprint density at radius 2 is 2.04 bits per heavy atom. The maximum atomic E-state index is 12.9. The summed E-state index contributed by atoms with van der Waals surface area (Å²) in [5.41, 5.74) is 0.578. The first-order valence-electron chi connectivity index (χ1n) is 6.89. The zero-order valence-corrected chi connectivity index (χ0v) is 13.6. The molecule has 0 saturated heterocycles. The average molecular weight is 332 g/mol. The molecule has 7 heteroatoms. The highest BCUT2D eigenvalue weighted by Crippen LogP contribution is 2.28. The Hall–Kier alpha value is -2.60. The third kappa shape index (κ3) is 2.41. The van der Waals surface area contributed by atoms with Crippen LogP contribution in [-0.2, 0) is 7.05 Å². The van der Waals surface area contributed by atoms with Crippen LogP contribution in [0.2, 0.25) is 5.02 Å². The van der Waals surface area contributed by atoms with Crippen molar-refractivity contribution in [2.45, 2.75) is 6.92 Å². The number of aromatic nitrogens is 2. The molecule has 0 aliphatic carbocycles. The number of amides is 1. The van der Waals surface area contributed by atoms with Crippen molar-refractivity contribution >= 4 is 34.3 Å². The highest BCUT2D eigenvalue weighted by atomic mass is 35.5. The Bertz CT molecular complexity index is 974. The minimum Gasteiger partial charge on any atom is -0.442 e. The van der Waals surface area contributed by atoms with E-state index in [4.69, 9.17) is 16.0 Å². The van der Waals surface area contributed by atoms with Crippen molar-refractivity contribution in [1.29, 1.82) is 0 Å². The number of furan rings is 1. The molecule has 2 aromatic heterocycles. The van der Waals surface area contributed by atoms with Crippen molar-refractivity contribution in [2.75, 3.05) is 11.9 Å². The lowest BCUT2D eigenvalue weighted by Crippen LogP contribution is -2.28. The summed E-state index contributed by atoms with van der Waals surface area (Å²) in [4.78, 5) is 30.7. The molecule has 3 aromatic rings. The smallest absolute Gasteiger partial charge is 0.265 e. The fourth-order valence-electron chi connectivity index (χ4n) is 2.45. The number of para-hydroxylation sites is 1. The second-order valence-corrected chi connectivity index (χ2v) is 5.60. The van der Waals surface area contributed by atoms with Crippen LogP contribution >= 0.6 is 11.6 Å². The fraction of sp³-hybridized carbons (Fsp3) is 0.188. The van der Waals surface area contributed by atoms with E-state index in [-0.39, 0.29) is 28.1 Å². The van der Waals surface area contributed by atoms with Crippen LogP contribution in [0.1, 0.15) is 16.1 Å². The van der Waals surface area contributed by atoms with Gasteiger partial charge < -0.3 is 13.9 Å². The van der Waals surface area contributed by atoms with Gasteiger partial charge in [0.15, 0.2) is 0 Å². The van der Waals surface area contributed by atoms with E-state index in [1.807, 2.05) is 0 Å². The summed E-state index contributed by atoms with van der Waals surface area (Å²) < 4.78 is 6.78. The normalized spacial score (nSPS) is 11.0. The number of aryl methyl sites for hydroxylation is 2. The molecule has 0 aliphatic rings. The monoisotopic (exact) mass is 331 g/mol. The summed E-state index contributed by atoms with van der Waals surface area (Å²) in [6.07, 6.45) is 1.36. The Morgan fingerprint density at radius 1 is 1.35 bits per heavy atom. The first-order valence-corrected chi connectivity index (χ1v) is 7.27. The molecule has 1 aromatic carbocycles. The quantitative estimate of drug-likeness (QED) is 0.724. The van der Waals surface area contributed by atoms with Crippen LogP contribution in [0.15, 0.2) is 39.8 Å². The molecule has 0 saturated carbocycles. The Morgan fingerprint density at radius 3 is 2.74 bits per heavy atom. The van der Waals surface area contributed by atoms with Gasteiger partial charge in [0.2, 0.25) is 5.71 Å². The summed E-state index contributed by atoms with van der Waals surface area (Å²) in [7, 11) is 3.17. The first-order chi connectivity index (χ1) is 10.9. The van der Waals surface area contributed by atoms with Crippen LogP contribution in [0.3, 0.4) is 0 Å². The molecule has 2 heterocycles. The van der Waals surface area contributed by atoms with Gasteiger partial charge in [-0.3, -0.25) is 9.59 Å². The van der Waals surface area contributed by atoms with Gasteiger partial charge in [-0.2, -0.15) is 0 Å². The number of rotatable bonds is 2. The molecular weight excluding hydrogens is 318 g/mol. The van der Waals surface area contributed by atoms with Crippen LogP contribution < -0.4 is 10.5 Å². The number of fused-ring (bicyclic) bond motifs is 1. The van der Waals surface area contributed by atoms with Crippen LogP contribution in [0.5, 0.6) is 0 Å². The van der Waals surface area contributed by atoms with E-state index < -0.39 is 0 Å². The molecule has 0 fully saturated rings. The topological polar surface area (TPSA) is 68.3 Å². The van der Waals surface area contributed by atoms with Crippen LogP contribution in [0.25, 0.3) is 11.1 Å². The number of carbonyl (C=O) groups is 1. The maximum Gasteiger partial charge on any atom is 0.265 e. The number of hydrogen-bond donors (Lipinski definition) is 0. The highest BCUT2D eigenvalue weighted by Gasteiger charge is 2.26. The Kier molecular flexibility index (Phi) is 3.69.